The fraction of sp³-hybridized carbons (Fsp3) is 0. The van der Waals surface area contributed by atoms with Gasteiger partial charge < -0.3 is 0 Å². The van der Waals surface area contributed by atoms with Gasteiger partial charge in [-0.05, 0) is 90.0 Å². The number of hydrogen-bond acceptors (Lipinski definition) is 0. The Labute approximate surface area is 283 Å². The molecule has 0 unspecified atom stereocenters. The third-order valence-corrected chi connectivity index (χ3v) is 8.94. The van der Waals surface area contributed by atoms with Gasteiger partial charge in [0.25, 0.3) is 0 Å². The predicted molar refractivity (Wildman–Crippen MR) is 202 cm³/mol. The van der Waals surface area contributed by atoms with E-state index in [-0.39, 0.29) is 0 Å². The van der Waals surface area contributed by atoms with Crippen LogP contribution in [0.1, 0.15) is 0 Å². The van der Waals surface area contributed by atoms with Crippen molar-refractivity contribution in [2.75, 3.05) is 0 Å². The molecule has 0 heterocycles. The van der Waals surface area contributed by atoms with Crippen molar-refractivity contribution in [3.05, 3.63) is 206 Å². The molecule has 48 heavy (non-hydrogen) atoms. The zero-order valence-corrected chi connectivity index (χ0v) is 26.5. The van der Waals surface area contributed by atoms with Gasteiger partial charge in [-0.3, -0.25) is 0 Å². The number of benzene rings is 8. The number of hydrogen-bond donors (Lipinski definition) is 0. The lowest BCUT2D eigenvalue weighted by Gasteiger charge is -2.29. The van der Waals surface area contributed by atoms with Crippen molar-refractivity contribution < 1.29 is 0 Å². The Morgan fingerprint density at radius 2 is 0.521 bits per heavy atom. The van der Waals surface area contributed by atoms with Crippen LogP contribution in [0, 0.1) is 12.1 Å². The summed E-state index contributed by atoms with van der Waals surface area (Å²) in [5, 5.41) is 0. The minimum Gasteiger partial charge on any atom is -0.0622 e. The monoisotopic (exact) mass is 608 g/mol. The average Bonchev–Trinajstić information content (AvgIpc) is 3.19. The van der Waals surface area contributed by atoms with Crippen molar-refractivity contribution in [2.45, 2.75) is 0 Å². The fourth-order valence-corrected chi connectivity index (χ4v) is 6.92. The minimum absolute atomic E-state index is 1.03. The smallest absolute Gasteiger partial charge is 0.000741 e. The third kappa shape index (κ3) is 5.44. The van der Waals surface area contributed by atoms with E-state index in [1.807, 2.05) is 6.07 Å². The molecular formula is C48H32. The third-order valence-electron chi connectivity index (χ3n) is 8.94. The summed E-state index contributed by atoms with van der Waals surface area (Å²) in [5.74, 6) is 0. The first-order valence-electron chi connectivity index (χ1n) is 16.4. The Hall–Kier alpha value is -6.24. The maximum absolute atomic E-state index is 3.55. The van der Waals surface area contributed by atoms with Gasteiger partial charge in [0.1, 0.15) is 0 Å². The molecule has 8 aromatic rings. The highest BCUT2D eigenvalue weighted by molar-refractivity contribution is 6.16. The SMILES string of the molecule is [c]1[c]c(-c2ccccc2)c(-c2c(-c3ccccc3)c(-c3ccccc3)c(-c3ccccc3)c(-c3ccccc3)c2-c2ccccc2)cc1. The molecule has 0 aliphatic rings. The van der Waals surface area contributed by atoms with Gasteiger partial charge >= 0.3 is 0 Å². The molecule has 0 N–H and O–H groups in total. The Balaban J connectivity index is 1.69. The summed E-state index contributed by atoms with van der Waals surface area (Å²) in [5.41, 5.74) is 16.3. The zero-order chi connectivity index (χ0) is 32.1. The molecule has 8 rings (SSSR count). The molecule has 0 saturated carbocycles. The van der Waals surface area contributed by atoms with Crippen LogP contribution in [-0.2, 0) is 0 Å². The van der Waals surface area contributed by atoms with Crippen molar-refractivity contribution in [1.29, 1.82) is 0 Å². The maximum Gasteiger partial charge on any atom is -0.000741 e. The molecule has 0 aliphatic carbocycles. The van der Waals surface area contributed by atoms with Gasteiger partial charge in [-0.25, -0.2) is 0 Å². The first-order valence-corrected chi connectivity index (χ1v) is 16.4. The lowest BCUT2D eigenvalue weighted by Crippen LogP contribution is -2.02. The summed E-state index contributed by atoms with van der Waals surface area (Å²) in [6, 6.07) is 76.1. The summed E-state index contributed by atoms with van der Waals surface area (Å²) in [7, 11) is 0. The van der Waals surface area contributed by atoms with Gasteiger partial charge in [-0.1, -0.05) is 194 Å². The summed E-state index contributed by atoms with van der Waals surface area (Å²) in [4.78, 5) is 0. The van der Waals surface area contributed by atoms with E-state index in [0.29, 0.717) is 0 Å². The molecule has 0 bridgehead atoms. The van der Waals surface area contributed by atoms with Crippen molar-refractivity contribution in [2.24, 2.45) is 0 Å². The van der Waals surface area contributed by atoms with Crippen LogP contribution in [0.25, 0.3) is 77.9 Å². The summed E-state index contributed by atoms with van der Waals surface area (Å²) >= 11 is 0. The lowest BCUT2D eigenvalue weighted by molar-refractivity contribution is 1.51. The van der Waals surface area contributed by atoms with Gasteiger partial charge in [0.05, 0.1) is 0 Å². The van der Waals surface area contributed by atoms with Crippen LogP contribution in [0.4, 0.5) is 0 Å². The van der Waals surface area contributed by atoms with E-state index in [2.05, 4.69) is 200 Å². The van der Waals surface area contributed by atoms with E-state index in [4.69, 9.17) is 0 Å². The molecule has 0 heteroatoms. The second-order valence-electron chi connectivity index (χ2n) is 11.8. The maximum atomic E-state index is 3.55. The first kappa shape index (κ1) is 29.2. The minimum atomic E-state index is 1.03. The van der Waals surface area contributed by atoms with Crippen LogP contribution in [-0.4, -0.2) is 0 Å². The average molecular weight is 609 g/mol. The highest BCUT2D eigenvalue weighted by Crippen LogP contribution is 2.56. The topological polar surface area (TPSA) is 0 Å². The van der Waals surface area contributed by atoms with Crippen molar-refractivity contribution in [3.63, 3.8) is 0 Å². The van der Waals surface area contributed by atoms with Crippen LogP contribution >= 0.6 is 0 Å². The fourth-order valence-electron chi connectivity index (χ4n) is 6.92. The zero-order valence-electron chi connectivity index (χ0n) is 26.5. The molecule has 0 atom stereocenters. The molecule has 8 aromatic carbocycles. The van der Waals surface area contributed by atoms with Crippen LogP contribution in [0.5, 0.6) is 0 Å². The van der Waals surface area contributed by atoms with Crippen LogP contribution < -0.4 is 0 Å². The lowest BCUT2D eigenvalue weighted by atomic mass is 9.73. The van der Waals surface area contributed by atoms with E-state index >= 15 is 0 Å². The highest BCUT2D eigenvalue weighted by Gasteiger charge is 2.29. The van der Waals surface area contributed by atoms with E-state index < -0.39 is 0 Å². The molecular weight excluding hydrogens is 577 g/mol. The van der Waals surface area contributed by atoms with E-state index in [9.17, 15) is 0 Å². The van der Waals surface area contributed by atoms with Gasteiger partial charge in [0.15, 0.2) is 0 Å². The Morgan fingerprint density at radius 3 is 0.833 bits per heavy atom. The van der Waals surface area contributed by atoms with Gasteiger partial charge in [0.2, 0.25) is 0 Å². The largest absolute Gasteiger partial charge is 0.0622 e. The molecule has 0 spiro atoms. The molecule has 0 nitrogen and oxygen atoms in total. The predicted octanol–water partition coefficient (Wildman–Crippen LogP) is 13.0. The molecule has 0 amide bonds. The quantitative estimate of drug-likeness (QED) is 0.169. The van der Waals surface area contributed by atoms with Crippen LogP contribution in [0.15, 0.2) is 194 Å². The molecule has 224 valence electrons. The molecule has 0 fully saturated rings. The Bertz CT molecular complexity index is 2170. The van der Waals surface area contributed by atoms with Crippen molar-refractivity contribution >= 4 is 0 Å². The van der Waals surface area contributed by atoms with Gasteiger partial charge in [-0.2, -0.15) is 0 Å². The first-order chi connectivity index (χ1) is 23.9. The highest BCUT2D eigenvalue weighted by atomic mass is 14.3. The van der Waals surface area contributed by atoms with Gasteiger partial charge in [-0.15, -0.1) is 0 Å². The normalized spacial score (nSPS) is 10.9. The molecule has 0 aromatic heterocycles. The molecule has 2 radical (unpaired) electrons. The second-order valence-corrected chi connectivity index (χ2v) is 11.8. The summed E-state index contributed by atoms with van der Waals surface area (Å²) in [6.07, 6.45) is 0. The Kier molecular flexibility index (Phi) is 8.05. The van der Waals surface area contributed by atoms with Crippen molar-refractivity contribution in [1.82, 2.24) is 0 Å². The Morgan fingerprint density at radius 1 is 0.250 bits per heavy atom. The standard InChI is InChI=1S/C48H32/c1-7-21-35(22-8-1)41-33-19-20-34-42(41)48-46(39-29-15-5-16-30-39)44(37-25-11-3-12-26-37)43(36-23-9-2-10-24-36)45(38-27-13-4-14-28-38)47(48)40-31-17-6-18-32-40/h1-18,20-32,34H. The molecule has 0 aliphatic heterocycles. The summed E-state index contributed by atoms with van der Waals surface area (Å²) < 4.78 is 0. The number of rotatable bonds is 7. The summed E-state index contributed by atoms with van der Waals surface area (Å²) in [6.45, 7) is 0. The van der Waals surface area contributed by atoms with E-state index in [1.165, 1.54) is 50.1 Å². The molecule has 0 saturated heterocycles. The van der Waals surface area contributed by atoms with E-state index in [1.54, 1.807) is 0 Å². The van der Waals surface area contributed by atoms with Gasteiger partial charge in [0, 0.05) is 0 Å². The van der Waals surface area contributed by atoms with Crippen LogP contribution in [0.2, 0.25) is 0 Å². The second kappa shape index (κ2) is 13.2. The van der Waals surface area contributed by atoms with E-state index in [0.717, 1.165) is 27.8 Å². The van der Waals surface area contributed by atoms with Crippen molar-refractivity contribution in [3.8, 4) is 77.9 Å². The van der Waals surface area contributed by atoms with Crippen LogP contribution in [0.3, 0.4) is 0 Å².